The van der Waals surface area contributed by atoms with Crippen molar-refractivity contribution in [1.82, 2.24) is 4.90 Å². The summed E-state index contributed by atoms with van der Waals surface area (Å²) in [5.41, 5.74) is 2.41. The fourth-order valence-electron chi connectivity index (χ4n) is 2.88. The molecule has 1 aromatic heterocycles. The number of rotatable bonds is 9. The molecule has 0 aliphatic carbocycles. The summed E-state index contributed by atoms with van der Waals surface area (Å²) >= 11 is 0. The molecular weight excluding hydrogens is 340 g/mol. The molecule has 2 rings (SSSR count). The molecule has 1 N–H and O–H groups in total. The van der Waals surface area contributed by atoms with E-state index in [-0.39, 0.29) is 12.0 Å². The van der Waals surface area contributed by atoms with Crippen molar-refractivity contribution >= 4 is 0 Å². The van der Waals surface area contributed by atoms with Crippen LogP contribution < -0.4 is 4.74 Å². The number of aliphatic hydroxyl groups excluding tert-OH is 1. The number of aryl methyl sites for hydroxylation is 1. The number of hydrogen-bond donors (Lipinski definition) is 1. The van der Waals surface area contributed by atoms with Gasteiger partial charge in [0.15, 0.2) is 0 Å². The number of furan rings is 1. The molecule has 0 spiro atoms. The number of ether oxygens (including phenoxy) is 1. The minimum atomic E-state index is -0.652. The zero-order valence-corrected chi connectivity index (χ0v) is 16.7. The lowest BCUT2D eigenvalue weighted by atomic mass is 9.86. The van der Waals surface area contributed by atoms with Crippen LogP contribution in [0, 0.1) is 18.3 Å². The highest BCUT2D eigenvalue weighted by atomic mass is 16.5. The third-order valence-electron chi connectivity index (χ3n) is 4.44. The maximum atomic E-state index is 10.4. The average molecular weight is 370 g/mol. The molecule has 0 radical (unpaired) electrons. The molecular formula is C22H30N2O3. The first-order valence-corrected chi connectivity index (χ1v) is 9.33. The minimum Gasteiger partial charge on any atom is -0.491 e. The second-order valence-electron chi connectivity index (χ2n) is 7.92. The van der Waals surface area contributed by atoms with E-state index in [0.717, 1.165) is 17.1 Å². The van der Waals surface area contributed by atoms with Gasteiger partial charge in [-0.1, -0.05) is 32.9 Å². The lowest BCUT2D eigenvalue weighted by Gasteiger charge is -2.24. The Morgan fingerprint density at radius 3 is 2.67 bits per heavy atom. The third kappa shape index (κ3) is 6.74. The molecule has 0 fully saturated rings. The molecule has 0 saturated carbocycles. The topological polar surface area (TPSA) is 69.6 Å². The van der Waals surface area contributed by atoms with E-state index in [1.54, 1.807) is 6.26 Å². The summed E-state index contributed by atoms with van der Waals surface area (Å²) in [6.07, 6.45) is 1.38. The largest absolute Gasteiger partial charge is 0.491 e. The molecule has 5 nitrogen and oxygen atoms in total. The Balaban J connectivity index is 1.91. The van der Waals surface area contributed by atoms with Crippen LogP contribution in [0.2, 0.25) is 0 Å². The van der Waals surface area contributed by atoms with Crippen molar-refractivity contribution in [2.24, 2.45) is 0 Å². The molecule has 0 aliphatic rings. The van der Waals surface area contributed by atoms with E-state index in [9.17, 15) is 5.11 Å². The van der Waals surface area contributed by atoms with Gasteiger partial charge >= 0.3 is 0 Å². The van der Waals surface area contributed by atoms with Crippen molar-refractivity contribution in [1.29, 1.82) is 5.26 Å². The van der Waals surface area contributed by atoms with Gasteiger partial charge in [-0.05, 0) is 41.7 Å². The lowest BCUT2D eigenvalue weighted by molar-refractivity contribution is 0.0638. The summed E-state index contributed by atoms with van der Waals surface area (Å²) < 4.78 is 11.2. The number of nitrogens with zero attached hydrogens (tertiary/aromatic N) is 2. The third-order valence-corrected chi connectivity index (χ3v) is 4.44. The fourth-order valence-corrected chi connectivity index (χ4v) is 2.88. The van der Waals surface area contributed by atoms with Crippen LogP contribution in [0.3, 0.4) is 0 Å². The first kappa shape index (κ1) is 21.0. The van der Waals surface area contributed by atoms with Gasteiger partial charge in [0.05, 0.1) is 18.9 Å². The predicted octanol–water partition coefficient (Wildman–Crippen LogP) is 4.04. The smallest absolute Gasteiger partial charge is 0.122 e. The van der Waals surface area contributed by atoms with Crippen LogP contribution in [0.4, 0.5) is 0 Å². The summed E-state index contributed by atoms with van der Waals surface area (Å²) in [7, 11) is 0. The van der Waals surface area contributed by atoms with Gasteiger partial charge in [0, 0.05) is 19.5 Å². The summed E-state index contributed by atoms with van der Waals surface area (Å²) in [4.78, 5) is 2.01. The van der Waals surface area contributed by atoms with E-state index < -0.39 is 6.10 Å². The Hall–Kier alpha value is -2.29. The second-order valence-corrected chi connectivity index (χ2v) is 7.92. The van der Waals surface area contributed by atoms with Gasteiger partial charge in [0.1, 0.15) is 24.2 Å². The maximum absolute atomic E-state index is 10.4. The number of benzene rings is 1. The predicted molar refractivity (Wildman–Crippen MR) is 106 cm³/mol. The zero-order valence-electron chi connectivity index (χ0n) is 16.7. The molecule has 2 aromatic rings. The van der Waals surface area contributed by atoms with Gasteiger partial charge < -0.3 is 14.3 Å². The minimum absolute atomic E-state index is 0.0932. The normalized spacial score (nSPS) is 12.8. The molecule has 1 heterocycles. The maximum Gasteiger partial charge on any atom is 0.122 e. The second kappa shape index (κ2) is 9.59. The van der Waals surface area contributed by atoms with Crippen LogP contribution in [0.1, 0.15) is 44.1 Å². The molecule has 27 heavy (non-hydrogen) atoms. The standard InChI is InChI=1S/C22H30N2O3/c1-17-13-18(22(2,3)4)8-9-21(17)27-16-19(25)14-24(11-6-10-23)15-20-7-5-12-26-20/h5,7-9,12-13,19,25H,6,11,14-16H2,1-4H3. The molecule has 0 amide bonds. The Morgan fingerprint density at radius 2 is 2.07 bits per heavy atom. The molecule has 5 heteroatoms. The highest BCUT2D eigenvalue weighted by molar-refractivity contribution is 5.38. The van der Waals surface area contributed by atoms with Gasteiger partial charge in [-0.3, -0.25) is 4.90 Å². The number of aliphatic hydroxyl groups is 1. The van der Waals surface area contributed by atoms with E-state index in [1.165, 1.54) is 5.56 Å². The van der Waals surface area contributed by atoms with E-state index in [4.69, 9.17) is 14.4 Å². The quantitative estimate of drug-likeness (QED) is 0.721. The van der Waals surface area contributed by atoms with Crippen LogP contribution in [0.15, 0.2) is 41.0 Å². The Labute approximate surface area is 162 Å². The summed E-state index contributed by atoms with van der Waals surface area (Å²) in [5, 5.41) is 19.3. The molecule has 1 aromatic carbocycles. The SMILES string of the molecule is Cc1cc(C(C)(C)C)ccc1OCC(O)CN(CCC#N)Cc1ccco1. The zero-order chi connectivity index (χ0) is 19.9. The first-order chi connectivity index (χ1) is 12.8. The van der Waals surface area contributed by atoms with Gasteiger partial charge in [-0.25, -0.2) is 0 Å². The van der Waals surface area contributed by atoms with E-state index >= 15 is 0 Å². The van der Waals surface area contributed by atoms with E-state index in [1.807, 2.05) is 30.0 Å². The number of hydrogen-bond acceptors (Lipinski definition) is 5. The first-order valence-electron chi connectivity index (χ1n) is 9.33. The molecule has 0 bridgehead atoms. The van der Waals surface area contributed by atoms with Crippen molar-refractivity contribution in [3.63, 3.8) is 0 Å². The molecule has 0 saturated heterocycles. The Kier molecular flexibility index (Phi) is 7.46. The summed E-state index contributed by atoms with van der Waals surface area (Å²) in [5.74, 6) is 1.60. The highest BCUT2D eigenvalue weighted by Crippen LogP contribution is 2.27. The summed E-state index contributed by atoms with van der Waals surface area (Å²) in [6.45, 7) is 10.3. The van der Waals surface area contributed by atoms with Crippen LogP contribution in [-0.4, -0.2) is 35.8 Å². The highest BCUT2D eigenvalue weighted by Gasteiger charge is 2.17. The summed E-state index contributed by atoms with van der Waals surface area (Å²) in [6, 6.07) is 12.1. The van der Waals surface area contributed by atoms with Crippen molar-refractivity contribution in [3.8, 4) is 11.8 Å². The van der Waals surface area contributed by atoms with E-state index in [2.05, 4.69) is 39.0 Å². The van der Waals surface area contributed by atoms with Crippen molar-refractivity contribution in [2.75, 3.05) is 19.7 Å². The van der Waals surface area contributed by atoms with Gasteiger partial charge in [0.2, 0.25) is 0 Å². The van der Waals surface area contributed by atoms with Crippen LogP contribution in [0.5, 0.6) is 5.75 Å². The number of nitriles is 1. The molecule has 146 valence electrons. The molecule has 1 atom stereocenters. The van der Waals surface area contributed by atoms with Gasteiger partial charge in [0.25, 0.3) is 0 Å². The monoisotopic (exact) mass is 370 g/mol. The van der Waals surface area contributed by atoms with Crippen molar-refractivity contribution in [2.45, 2.75) is 52.2 Å². The average Bonchev–Trinajstić information content (AvgIpc) is 3.10. The lowest BCUT2D eigenvalue weighted by Crippen LogP contribution is -2.35. The Morgan fingerprint density at radius 1 is 1.30 bits per heavy atom. The van der Waals surface area contributed by atoms with Crippen molar-refractivity contribution < 1.29 is 14.3 Å². The van der Waals surface area contributed by atoms with Crippen LogP contribution in [-0.2, 0) is 12.0 Å². The van der Waals surface area contributed by atoms with Crippen LogP contribution in [0.25, 0.3) is 0 Å². The molecule has 1 unspecified atom stereocenters. The fraction of sp³-hybridized carbons (Fsp3) is 0.500. The molecule has 0 aliphatic heterocycles. The van der Waals surface area contributed by atoms with E-state index in [0.29, 0.717) is 26.1 Å². The van der Waals surface area contributed by atoms with Crippen molar-refractivity contribution in [3.05, 3.63) is 53.5 Å². The van der Waals surface area contributed by atoms with Crippen LogP contribution >= 0.6 is 0 Å². The van der Waals surface area contributed by atoms with Gasteiger partial charge in [-0.15, -0.1) is 0 Å². The van der Waals surface area contributed by atoms with Gasteiger partial charge in [-0.2, -0.15) is 5.26 Å². The Bertz CT molecular complexity index is 742.